The second-order valence-corrected chi connectivity index (χ2v) is 5.25. The van der Waals surface area contributed by atoms with E-state index in [1.54, 1.807) is 6.20 Å². The van der Waals surface area contributed by atoms with Crippen molar-refractivity contribution in [3.05, 3.63) is 52.7 Å². The van der Waals surface area contributed by atoms with Crippen LogP contribution < -0.4 is 5.56 Å². The van der Waals surface area contributed by atoms with Gasteiger partial charge in [-0.3, -0.25) is 9.89 Å². The van der Waals surface area contributed by atoms with E-state index in [1.807, 2.05) is 30.3 Å². The van der Waals surface area contributed by atoms with Crippen LogP contribution in [0.25, 0.3) is 17.1 Å². The number of nitrogens with one attached hydrogen (secondary N) is 1. The quantitative estimate of drug-likeness (QED) is 0.800. The summed E-state index contributed by atoms with van der Waals surface area (Å²) in [5.74, 6) is 1.38. The van der Waals surface area contributed by atoms with E-state index in [2.05, 4.69) is 15.2 Å². The number of nitrogens with zero attached hydrogens (tertiary/aromatic N) is 3. The summed E-state index contributed by atoms with van der Waals surface area (Å²) in [4.78, 5) is 16.8. The van der Waals surface area contributed by atoms with Gasteiger partial charge in [-0.05, 0) is 25.0 Å². The molecule has 0 aliphatic heterocycles. The maximum Gasteiger partial charge on any atom is 0.284 e. The van der Waals surface area contributed by atoms with E-state index in [-0.39, 0.29) is 11.4 Å². The van der Waals surface area contributed by atoms with Crippen LogP contribution in [0.5, 0.6) is 0 Å². The summed E-state index contributed by atoms with van der Waals surface area (Å²) in [5, 5.41) is 6.92. The first-order valence-corrected chi connectivity index (χ1v) is 7.03. The van der Waals surface area contributed by atoms with Crippen molar-refractivity contribution < 1.29 is 4.52 Å². The van der Waals surface area contributed by atoms with Gasteiger partial charge in [0.1, 0.15) is 5.56 Å². The largest absolute Gasteiger partial charge is 0.334 e. The number of benzene rings is 1. The standard InChI is InChI=1S/C15H14N4O2/c20-15-12(9-16-19(15)11-7-2-1-3-8-11)14-17-13(18-21-14)10-5-4-6-10/h1-3,7-10,16H,4-6H2. The first-order chi connectivity index (χ1) is 10.3. The molecule has 0 atom stereocenters. The van der Waals surface area contributed by atoms with E-state index >= 15 is 0 Å². The fraction of sp³-hybridized carbons (Fsp3) is 0.267. The lowest BCUT2D eigenvalue weighted by Gasteiger charge is -2.20. The summed E-state index contributed by atoms with van der Waals surface area (Å²) < 4.78 is 6.70. The zero-order valence-electron chi connectivity index (χ0n) is 11.3. The van der Waals surface area contributed by atoms with E-state index < -0.39 is 0 Å². The minimum atomic E-state index is -0.190. The molecule has 0 bridgehead atoms. The Morgan fingerprint density at radius 3 is 2.76 bits per heavy atom. The molecule has 0 amide bonds. The lowest BCUT2D eigenvalue weighted by atomic mass is 9.85. The molecule has 0 radical (unpaired) electrons. The number of aromatic amines is 1. The summed E-state index contributed by atoms with van der Waals surface area (Å²) in [6.07, 6.45) is 5.01. The third-order valence-corrected chi connectivity index (χ3v) is 3.93. The minimum absolute atomic E-state index is 0.190. The van der Waals surface area contributed by atoms with Crippen molar-refractivity contribution in [2.75, 3.05) is 0 Å². The highest BCUT2D eigenvalue weighted by molar-refractivity contribution is 5.51. The Morgan fingerprint density at radius 1 is 1.24 bits per heavy atom. The lowest BCUT2D eigenvalue weighted by molar-refractivity contribution is 0.366. The molecule has 2 heterocycles. The number of rotatable bonds is 3. The Kier molecular flexibility index (Phi) is 2.73. The van der Waals surface area contributed by atoms with E-state index in [1.165, 1.54) is 11.1 Å². The highest BCUT2D eigenvalue weighted by atomic mass is 16.5. The van der Waals surface area contributed by atoms with Gasteiger partial charge in [0.25, 0.3) is 11.4 Å². The van der Waals surface area contributed by atoms with Crippen LogP contribution in [0.1, 0.15) is 31.0 Å². The molecule has 6 heteroatoms. The summed E-state index contributed by atoms with van der Waals surface area (Å²) in [5.41, 5.74) is 0.981. The monoisotopic (exact) mass is 282 g/mol. The molecule has 1 aliphatic carbocycles. The van der Waals surface area contributed by atoms with Crippen LogP contribution >= 0.6 is 0 Å². The van der Waals surface area contributed by atoms with Crippen LogP contribution in [0.2, 0.25) is 0 Å². The number of hydrogen-bond donors (Lipinski definition) is 1. The van der Waals surface area contributed by atoms with Crippen LogP contribution in [0.15, 0.2) is 45.8 Å². The van der Waals surface area contributed by atoms with Crippen LogP contribution in [0, 0.1) is 0 Å². The van der Waals surface area contributed by atoms with E-state index in [0.29, 0.717) is 17.3 Å². The fourth-order valence-corrected chi connectivity index (χ4v) is 2.47. The van der Waals surface area contributed by atoms with Gasteiger partial charge in [0.2, 0.25) is 0 Å². The van der Waals surface area contributed by atoms with Gasteiger partial charge in [0.15, 0.2) is 5.82 Å². The Labute approximate surface area is 120 Å². The first-order valence-electron chi connectivity index (χ1n) is 7.03. The maximum atomic E-state index is 12.4. The Bertz CT molecular complexity index is 812. The smallest absolute Gasteiger partial charge is 0.284 e. The van der Waals surface area contributed by atoms with Crippen LogP contribution in [-0.2, 0) is 0 Å². The molecule has 6 nitrogen and oxygen atoms in total. The fourth-order valence-electron chi connectivity index (χ4n) is 2.47. The van der Waals surface area contributed by atoms with Gasteiger partial charge in [-0.2, -0.15) is 4.98 Å². The number of hydrogen-bond acceptors (Lipinski definition) is 4. The summed E-state index contributed by atoms with van der Waals surface area (Å²) in [6, 6.07) is 9.37. The average molecular weight is 282 g/mol. The highest BCUT2D eigenvalue weighted by Crippen LogP contribution is 2.35. The molecule has 1 fully saturated rings. The van der Waals surface area contributed by atoms with Gasteiger partial charge in [-0.1, -0.05) is 29.8 Å². The zero-order chi connectivity index (χ0) is 14.2. The van der Waals surface area contributed by atoms with Crippen LogP contribution in [0.4, 0.5) is 0 Å². The topological polar surface area (TPSA) is 76.7 Å². The predicted octanol–water partition coefficient (Wildman–Crippen LogP) is 2.48. The van der Waals surface area contributed by atoms with Gasteiger partial charge < -0.3 is 4.52 Å². The van der Waals surface area contributed by atoms with Gasteiger partial charge >= 0.3 is 0 Å². The molecule has 0 unspecified atom stereocenters. The van der Waals surface area contributed by atoms with Gasteiger partial charge in [-0.15, -0.1) is 0 Å². The summed E-state index contributed by atoms with van der Waals surface area (Å²) >= 11 is 0. The molecule has 106 valence electrons. The molecule has 0 saturated heterocycles. The van der Waals surface area contributed by atoms with Crippen molar-refractivity contribution in [3.63, 3.8) is 0 Å². The van der Waals surface area contributed by atoms with Crippen molar-refractivity contribution in [1.29, 1.82) is 0 Å². The Hall–Kier alpha value is -2.63. The molecule has 1 N–H and O–H groups in total. The zero-order valence-corrected chi connectivity index (χ0v) is 11.3. The number of aromatic nitrogens is 4. The van der Waals surface area contributed by atoms with E-state index in [9.17, 15) is 4.79 Å². The third-order valence-electron chi connectivity index (χ3n) is 3.93. The average Bonchev–Trinajstić information content (AvgIpc) is 3.05. The SMILES string of the molecule is O=c1c(-c2nc(C3CCC3)no2)c[nH]n1-c1ccccc1. The maximum absolute atomic E-state index is 12.4. The van der Waals surface area contributed by atoms with Gasteiger partial charge in [0.05, 0.1) is 5.69 Å². The van der Waals surface area contributed by atoms with Crippen molar-refractivity contribution in [1.82, 2.24) is 19.9 Å². The first kappa shape index (κ1) is 12.1. The van der Waals surface area contributed by atoms with E-state index in [0.717, 1.165) is 18.5 Å². The van der Waals surface area contributed by atoms with Gasteiger partial charge in [0, 0.05) is 12.1 Å². The van der Waals surface area contributed by atoms with Crippen LogP contribution in [0.3, 0.4) is 0 Å². The minimum Gasteiger partial charge on any atom is -0.334 e. The van der Waals surface area contributed by atoms with Gasteiger partial charge in [-0.25, -0.2) is 4.68 Å². The van der Waals surface area contributed by atoms with Crippen molar-refractivity contribution >= 4 is 0 Å². The van der Waals surface area contributed by atoms with E-state index in [4.69, 9.17) is 4.52 Å². The molecule has 3 aromatic rings. The predicted molar refractivity (Wildman–Crippen MR) is 76.3 cm³/mol. The second-order valence-electron chi connectivity index (χ2n) is 5.25. The molecule has 2 aromatic heterocycles. The molecular formula is C15H14N4O2. The normalized spacial score (nSPS) is 15.0. The third kappa shape index (κ3) is 1.99. The summed E-state index contributed by atoms with van der Waals surface area (Å²) in [7, 11) is 0. The van der Waals surface area contributed by atoms with Crippen molar-refractivity contribution in [3.8, 4) is 17.1 Å². The molecule has 1 aromatic carbocycles. The second kappa shape index (κ2) is 4.73. The highest BCUT2D eigenvalue weighted by Gasteiger charge is 2.26. The molecule has 4 rings (SSSR count). The molecule has 0 spiro atoms. The number of H-pyrrole nitrogens is 1. The van der Waals surface area contributed by atoms with Crippen molar-refractivity contribution in [2.24, 2.45) is 0 Å². The molecule has 1 saturated carbocycles. The Balaban J connectivity index is 1.71. The lowest BCUT2D eigenvalue weighted by Crippen LogP contribution is -2.15. The van der Waals surface area contributed by atoms with Crippen LogP contribution in [-0.4, -0.2) is 19.9 Å². The Morgan fingerprint density at radius 2 is 2.05 bits per heavy atom. The molecule has 1 aliphatic rings. The summed E-state index contributed by atoms with van der Waals surface area (Å²) in [6.45, 7) is 0. The molecule has 21 heavy (non-hydrogen) atoms. The van der Waals surface area contributed by atoms with Crippen molar-refractivity contribution in [2.45, 2.75) is 25.2 Å². The number of para-hydroxylation sites is 1. The molecular weight excluding hydrogens is 268 g/mol.